The van der Waals surface area contributed by atoms with Crippen molar-refractivity contribution in [1.82, 2.24) is 19.8 Å². The smallest absolute Gasteiger partial charge is 0.421 e. The van der Waals surface area contributed by atoms with Gasteiger partial charge in [0.15, 0.2) is 11.6 Å². The van der Waals surface area contributed by atoms with E-state index in [2.05, 4.69) is 32.1 Å². The highest BCUT2D eigenvalue weighted by Gasteiger charge is 2.25. The number of carbonyl (C=O) groups is 2. The van der Waals surface area contributed by atoms with Crippen molar-refractivity contribution < 1.29 is 37.7 Å². The average molecular weight is 689 g/mol. The van der Waals surface area contributed by atoms with E-state index in [1.807, 2.05) is 0 Å². The molecule has 0 saturated carbocycles. The molecular weight excluding hydrogens is 647 g/mol. The molecule has 1 fully saturated rings. The molecule has 50 heavy (non-hydrogen) atoms. The molecule has 0 atom stereocenters. The number of carbonyl (C=O) groups excluding carboxylic acids is 2. The molecule has 0 radical (unpaired) electrons. The van der Waals surface area contributed by atoms with Gasteiger partial charge in [0.25, 0.3) is 0 Å². The van der Waals surface area contributed by atoms with E-state index in [0.717, 1.165) is 39.1 Å². The van der Waals surface area contributed by atoms with E-state index in [1.165, 1.54) is 56.7 Å². The molecule has 1 aliphatic heterocycles. The van der Waals surface area contributed by atoms with Gasteiger partial charge in [-0.3, -0.25) is 4.90 Å². The highest BCUT2D eigenvalue weighted by Crippen LogP contribution is 2.29. The van der Waals surface area contributed by atoms with Gasteiger partial charge in [0, 0.05) is 56.2 Å². The first-order valence-electron chi connectivity index (χ1n) is 16.1. The van der Waals surface area contributed by atoms with Crippen molar-refractivity contribution in [2.24, 2.45) is 0 Å². The van der Waals surface area contributed by atoms with Crippen molar-refractivity contribution in [2.45, 2.75) is 13.0 Å². The maximum Gasteiger partial charge on any atom is 0.421 e. The maximum atomic E-state index is 15.0. The number of methoxy groups -OCH3 is 3. The summed E-state index contributed by atoms with van der Waals surface area (Å²) >= 11 is 0. The zero-order valence-electron chi connectivity index (χ0n) is 28.6. The number of aromatic nitrogens is 2. The number of piperazine rings is 1. The van der Waals surface area contributed by atoms with Crippen LogP contribution in [0.25, 0.3) is 0 Å². The average Bonchev–Trinajstić information content (AvgIpc) is 3.13. The maximum absolute atomic E-state index is 15.0. The van der Waals surface area contributed by atoms with Crippen molar-refractivity contribution in [3.63, 3.8) is 0 Å². The highest BCUT2D eigenvalue weighted by molar-refractivity contribution is 5.95. The third-order valence-corrected chi connectivity index (χ3v) is 8.10. The molecule has 3 aromatic carbocycles. The monoisotopic (exact) mass is 688 g/mol. The number of likely N-dealkylation sites (N-methyl/N-ethyl adjacent to an activating group) is 1. The lowest BCUT2D eigenvalue weighted by molar-refractivity contribution is 0.0598. The normalized spacial score (nSPS) is 13.3. The fourth-order valence-electron chi connectivity index (χ4n) is 5.32. The third-order valence-electron chi connectivity index (χ3n) is 8.10. The topological polar surface area (TPSA) is 128 Å². The summed E-state index contributed by atoms with van der Waals surface area (Å²) in [5.41, 5.74) is 1.02. The Kier molecular flexibility index (Phi) is 12.4. The molecule has 264 valence electrons. The van der Waals surface area contributed by atoms with Crippen LogP contribution in [0, 0.1) is 5.82 Å². The van der Waals surface area contributed by atoms with Crippen LogP contribution >= 0.6 is 0 Å². The Hall–Kier alpha value is -5.47. The second kappa shape index (κ2) is 17.3. The van der Waals surface area contributed by atoms with E-state index in [9.17, 15) is 9.59 Å². The lowest BCUT2D eigenvalue weighted by Crippen LogP contribution is -2.44. The van der Waals surface area contributed by atoms with Gasteiger partial charge in [-0.25, -0.2) is 19.0 Å². The summed E-state index contributed by atoms with van der Waals surface area (Å²) in [5, 5.41) is 2.99. The minimum atomic E-state index is -0.851. The molecule has 1 aliphatic rings. The molecule has 1 saturated heterocycles. The summed E-state index contributed by atoms with van der Waals surface area (Å²) in [6.07, 6.45) is 1.39. The Balaban J connectivity index is 1.33. The predicted molar refractivity (Wildman–Crippen MR) is 185 cm³/mol. The quantitative estimate of drug-likeness (QED) is 0.135. The first-order valence-corrected chi connectivity index (χ1v) is 16.1. The SMILES string of the molecule is COC(=O)c1ccccc1OC(=O)N(Cc1cc(OC)ccc1OC)c1ccnc(Nc2ccc(OCCCN3CCN(C)CC3)c(F)c2)n1. The minimum absolute atomic E-state index is 0.00326. The van der Waals surface area contributed by atoms with Crippen molar-refractivity contribution in [2.75, 3.05) is 77.9 Å². The number of nitrogens with zero attached hydrogens (tertiary/aromatic N) is 5. The molecule has 0 spiro atoms. The molecular formula is C36H41FN6O7. The van der Waals surface area contributed by atoms with Gasteiger partial charge in [-0.2, -0.15) is 4.98 Å². The lowest BCUT2D eigenvalue weighted by atomic mass is 10.1. The largest absolute Gasteiger partial charge is 0.497 e. The lowest BCUT2D eigenvalue weighted by Gasteiger charge is -2.32. The van der Waals surface area contributed by atoms with E-state index < -0.39 is 17.9 Å². The first kappa shape index (κ1) is 35.8. The van der Waals surface area contributed by atoms with Crippen LogP contribution in [0.2, 0.25) is 0 Å². The Labute approximate surface area is 290 Å². The third kappa shape index (κ3) is 9.36. The number of hydrogen-bond donors (Lipinski definition) is 1. The van der Waals surface area contributed by atoms with Gasteiger partial charge in [-0.15, -0.1) is 0 Å². The number of anilines is 3. The molecule has 0 unspecified atom stereocenters. The second-order valence-corrected chi connectivity index (χ2v) is 11.5. The van der Waals surface area contributed by atoms with Crippen LogP contribution in [0.4, 0.5) is 26.6 Å². The standard InChI is InChI=1S/C36H41FN6O7/c1-41-17-19-42(20-18-41)16-7-21-49-32-12-10-26(23-29(32)37)39-35-38-15-14-33(40-35)43(24-25-22-27(46-2)11-13-30(25)47-3)36(45)50-31-9-6-5-8-28(31)34(44)48-4/h5-6,8-15,22-23H,7,16-21,24H2,1-4H3,(H,38,39,40). The Bertz CT molecular complexity index is 1770. The summed E-state index contributed by atoms with van der Waals surface area (Å²) in [7, 11) is 6.40. The molecule has 1 N–H and O–H groups in total. The van der Waals surface area contributed by atoms with Crippen LogP contribution < -0.4 is 29.2 Å². The van der Waals surface area contributed by atoms with Gasteiger partial charge in [0.1, 0.15) is 28.6 Å². The number of benzene rings is 3. The van der Waals surface area contributed by atoms with Gasteiger partial charge in [0.05, 0.1) is 34.5 Å². The molecule has 1 amide bonds. The molecule has 1 aromatic heterocycles. The summed E-state index contributed by atoms with van der Waals surface area (Å²) in [4.78, 5) is 40.9. The summed E-state index contributed by atoms with van der Waals surface area (Å²) in [5.74, 6) is 0.209. The van der Waals surface area contributed by atoms with E-state index in [-0.39, 0.29) is 35.4 Å². The Morgan fingerprint density at radius 2 is 1.70 bits per heavy atom. The number of nitrogens with one attached hydrogen (secondary N) is 1. The van der Waals surface area contributed by atoms with E-state index in [0.29, 0.717) is 29.4 Å². The zero-order valence-corrected chi connectivity index (χ0v) is 28.6. The van der Waals surface area contributed by atoms with Gasteiger partial charge in [-0.05, 0) is 62.0 Å². The Morgan fingerprint density at radius 1 is 0.920 bits per heavy atom. The predicted octanol–water partition coefficient (Wildman–Crippen LogP) is 5.39. The highest BCUT2D eigenvalue weighted by atomic mass is 19.1. The summed E-state index contributed by atoms with van der Waals surface area (Å²) in [6.45, 7) is 5.36. The van der Waals surface area contributed by atoms with Crippen molar-refractivity contribution in [3.8, 4) is 23.0 Å². The Morgan fingerprint density at radius 3 is 2.44 bits per heavy atom. The summed E-state index contributed by atoms with van der Waals surface area (Å²) < 4.78 is 42.3. The molecule has 13 nitrogen and oxygen atoms in total. The van der Waals surface area contributed by atoms with Gasteiger partial charge in [0.2, 0.25) is 5.95 Å². The number of esters is 1. The van der Waals surface area contributed by atoms with E-state index in [4.69, 9.17) is 23.7 Å². The molecule has 0 bridgehead atoms. The number of amides is 1. The van der Waals surface area contributed by atoms with Crippen LogP contribution in [0.15, 0.2) is 72.9 Å². The van der Waals surface area contributed by atoms with E-state index in [1.54, 1.807) is 42.5 Å². The zero-order chi connectivity index (χ0) is 35.5. The van der Waals surface area contributed by atoms with Crippen molar-refractivity contribution >= 4 is 29.5 Å². The van der Waals surface area contributed by atoms with E-state index >= 15 is 4.39 Å². The van der Waals surface area contributed by atoms with Crippen LogP contribution in [0.5, 0.6) is 23.0 Å². The minimum Gasteiger partial charge on any atom is -0.497 e. The number of hydrogen-bond acceptors (Lipinski definition) is 12. The van der Waals surface area contributed by atoms with Crippen LogP contribution in [0.3, 0.4) is 0 Å². The van der Waals surface area contributed by atoms with Crippen molar-refractivity contribution in [3.05, 3.63) is 89.9 Å². The number of ether oxygens (including phenoxy) is 5. The molecule has 14 heteroatoms. The number of rotatable bonds is 14. The van der Waals surface area contributed by atoms with Gasteiger partial charge < -0.3 is 38.8 Å². The molecule has 2 heterocycles. The number of para-hydroxylation sites is 1. The first-order chi connectivity index (χ1) is 24.3. The fraction of sp³-hybridized carbons (Fsp3) is 0.333. The fourth-order valence-corrected chi connectivity index (χ4v) is 5.32. The van der Waals surface area contributed by atoms with Crippen LogP contribution in [-0.4, -0.2) is 99.5 Å². The van der Waals surface area contributed by atoms with Crippen LogP contribution in [0.1, 0.15) is 22.3 Å². The molecule has 4 aromatic rings. The summed E-state index contributed by atoms with van der Waals surface area (Å²) in [6, 6.07) is 17.4. The molecule has 0 aliphatic carbocycles. The molecule has 5 rings (SSSR count). The second-order valence-electron chi connectivity index (χ2n) is 11.5. The van der Waals surface area contributed by atoms with Gasteiger partial charge >= 0.3 is 12.1 Å². The van der Waals surface area contributed by atoms with Crippen molar-refractivity contribution in [1.29, 1.82) is 0 Å². The van der Waals surface area contributed by atoms with Gasteiger partial charge in [-0.1, -0.05) is 12.1 Å². The number of halogens is 1. The van der Waals surface area contributed by atoms with Crippen LogP contribution in [-0.2, 0) is 11.3 Å².